The Hall–Kier alpha value is -0.870. The first kappa shape index (κ1) is 10.6. The van der Waals surface area contributed by atoms with Crippen molar-refractivity contribution in [2.45, 2.75) is 45.4 Å². The van der Waals surface area contributed by atoms with E-state index in [1.54, 1.807) is 0 Å². The van der Waals surface area contributed by atoms with Crippen LogP contribution in [0.2, 0.25) is 0 Å². The third-order valence-electron chi connectivity index (χ3n) is 3.05. The topological polar surface area (TPSA) is 53.1 Å². The lowest BCUT2D eigenvalue weighted by Gasteiger charge is -2.12. The van der Waals surface area contributed by atoms with Crippen LogP contribution in [0.25, 0.3) is 0 Å². The van der Waals surface area contributed by atoms with Gasteiger partial charge in [0.25, 0.3) is 0 Å². The van der Waals surface area contributed by atoms with Crippen LogP contribution in [-0.4, -0.2) is 22.3 Å². The summed E-state index contributed by atoms with van der Waals surface area (Å²) < 4.78 is 7.80. The number of rotatable bonds is 4. The summed E-state index contributed by atoms with van der Waals surface area (Å²) in [7, 11) is 0. The summed E-state index contributed by atoms with van der Waals surface area (Å²) in [5.74, 6) is 1.05. The van der Waals surface area contributed by atoms with Gasteiger partial charge in [0.15, 0.2) is 0 Å². The van der Waals surface area contributed by atoms with Gasteiger partial charge in [0.1, 0.15) is 5.82 Å². The van der Waals surface area contributed by atoms with E-state index >= 15 is 0 Å². The van der Waals surface area contributed by atoms with E-state index in [1.807, 2.05) is 13.1 Å². The van der Waals surface area contributed by atoms with E-state index in [0.717, 1.165) is 31.1 Å². The molecule has 0 bridgehead atoms. The normalized spacial score (nSPS) is 21.1. The zero-order valence-electron chi connectivity index (χ0n) is 9.28. The van der Waals surface area contributed by atoms with Gasteiger partial charge in [-0.15, -0.1) is 0 Å². The Kier molecular flexibility index (Phi) is 3.38. The summed E-state index contributed by atoms with van der Waals surface area (Å²) in [4.78, 5) is 4.27. The highest BCUT2D eigenvalue weighted by molar-refractivity contribution is 5.03. The predicted octanol–water partition coefficient (Wildman–Crippen LogP) is 1.22. The lowest BCUT2D eigenvalue weighted by atomic mass is 10.2. The minimum absolute atomic E-state index is 0.442. The molecule has 4 nitrogen and oxygen atoms in total. The van der Waals surface area contributed by atoms with Gasteiger partial charge in [0, 0.05) is 25.9 Å². The van der Waals surface area contributed by atoms with Crippen LogP contribution in [0.1, 0.15) is 30.8 Å². The summed E-state index contributed by atoms with van der Waals surface area (Å²) in [6, 6.07) is 0. The van der Waals surface area contributed by atoms with Crippen molar-refractivity contribution in [1.82, 2.24) is 9.55 Å². The van der Waals surface area contributed by atoms with Crippen LogP contribution in [0.15, 0.2) is 6.20 Å². The summed E-state index contributed by atoms with van der Waals surface area (Å²) in [6.07, 6.45) is 5.79. The van der Waals surface area contributed by atoms with Gasteiger partial charge in [-0.05, 0) is 26.2 Å². The van der Waals surface area contributed by atoms with Crippen LogP contribution in [0.4, 0.5) is 0 Å². The zero-order chi connectivity index (χ0) is 10.7. The van der Waals surface area contributed by atoms with Crippen molar-refractivity contribution >= 4 is 0 Å². The molecule has 1 aliphatic heterocycles. The molecule has 1 aliphatic rings. The molecular weight excluding hydrogens is 190 g/mol. The fourth-order valence-corrected chi connectivity index (χ4v) is 2.13. The van der Waals surface area contributed by atoms with E-state index in [1.165, 1.54) is 12.8 Å². The lowest BCUT2D eigenvalue weighted by Crippen LogP contribution is -2.14. The van der Waals surface area contributed by atoms with E-state index in [0.29, 0.717) is 12.6 Å². The summed E-state index contributed by atoms with van der Waals surface area (Å²) in [5.41, 5.74) is 6.77. The van der Waals surface area contributed by atoms with Gasteiger partial charge in [-0.25, -0.2) is 4.98 Å². The number of aromatic nitrogens is 2. The molecule has 84 valence electrons. The molecule has 4 heteroatoms. The van der Waals surface area contributed by atoms with Gasteiger partial charge >= 0.3 is 0 Å². The van der Waals surface area contributed by atoms with E-state index in [2.05, 4.69) is 9.55 Å². The van der Waals surface area contributed by atoms with Crippen molar-refractivity contribution in [1.29, 1.82) is 0 Å². The van der Waals surface area contributed by atoms with Crippen LogP contribution in [0, 0.1) is 6.92 Å². The van der Waals surface area contributed by atoms with Crippen LogP contribution >= 0.6 is 0 Å². The molecule has 0 saturated carbocycles. The SMILES string of the molecule is Cc1ncc(CN)n1CCC1CCCO1. The van der Waals surface area contributed by atoms with Crippen molar-refractivity contribution in [2.24, 2.45) is 5.73 Å². The summed E-state index contributed by atoms with van der Waals surface area (Å²) in [5, 5.41) is 0. The average Bonchev–Trinajstić information content (AvgIpc) is 2.84. The lowest BCUT2D eigenvalue weighted by molar-refractivity contribution is 0.100. The highest BCUT2D eigenvalue weighted by atomic mass is 16.5. The number of ether oxygens (including phenoxy) is 1. The van der Waals surface area contributed by atoms with Crippen molar-refractivity contribution < 1.29 is 4.74 Å². The number of hydrogen-bond acceptors (Lipinski definition) is 3. The van der Waals surface area contributed by atoms with Crippen LogP contribution in [0.5, 0.6) is 0 Å². The molecule has 0 aromatic carbocycles. The molecule has 2 N–H and O–H groups in total. The molecule has 1 aromatic rings. The van der Waals surface area contributed by atoms with Crippen molar-refractivity contribution in [3.05, 3.63) is 17.7 Å². The van der Waals surface area contributed by atoms with Gasteiger partial charge in [-0.1, -0.05) is 0 Å². The van der Waals surface area contributed by atoms with Gasteiger partial charge in [0.2, 0.25) is 0 Å². The molecule has 15 heavy (non-hydrogen) atoms. The number of imidazole rings is 1. The Balaban J connectivity index is 1.94. The molecule has 1 unspecified atom stereocenters. The number of nitrogens with two attached hydrogens (primary N) is 1. The molecule has 0 aliphatic carbocycles. The van der Waals surface area contributed by atoms with Crippen molar-refractivity contribution in [2.75, 3.05) is 6.61 Å². The smallest absolute Gasteiger partial charge is 0.105 e. The number of hydrogen-bond donors (Lipinski definition) is 1. The second-order valence-corrected chi connectivity index (χ2v) is 4.08. The molecular formula is C11H19N3O. The third-order valence-corrected chi connectivity index (χ3v) is 3.05. The Labute approximate surface area is 90.4 Å². The highest BCUT2D eigenvalue weighted by Gasteiger charge is 2.16. The Morgan fingerprint density at radius 2 is 2.53 bits per heavy atom. The molecule has 1 atom stereocenters. The Bertz CT molecular complexity index is 316. The summed E-state index contributed by atoms with van der Waals surface area (Å²) in [6.45, 7) is 4.49. The van der Waals surface area contributed by atoms with E-state index < -0.39 is 0 Å². The zero-order valence-corrected chi connectivity index (χ0v) is 9.28. The Morgan fingerprint density at radius 1 is 1.67 bits per heavy atom. The van der Waals surface area contributed by atoms with Crippen molar-refractivity contribution in [3.63, 3.8) is 0 Å². The van der Waals surface area contributed by atoms with E-state index in [-0.39, 0.29) is 0 Å². The van der Waals surface area contributed by atoms with Crippen molar-refractivity contribution in [3.8, 4) is 0 Å². The first-order chi connectivity index (χ1) is 7.31. The number of aryl methyl sites for hydroxylation is 1. The number of nitrogens with zero attached hydrogens (tertiary/aromatic N) is 2. The Morgan fingerprint density at radius 3 is 3.20 bits per heavy atom. The standard InChI is InChI=1S/C11H19N3O/c1-9-13-8-10(7-12)14(9)5-4-11-3-2-6-15-11/h8,11H,2-7,12H2,1H3. The molecule has 0 radical (unpaired) electrons. The highest BCUT2D eigenvalue weighted by Crippen LogP contribution is 2.17. The molecule has 1 fully saturated rings. The second kappa shape index (κ2) is 4.77. The molecule has 1 aromatic heterocycles. The van der Waals surface area contributed by atoms with Gasteiger partial charge in [-0.3, -0.25) is 0 Å². The first-order valence-corrected chi connectivity index (χ1v) is 5.64. The molecule has 0 amide bonds. The maximum atomic E-state index is 5.66. The summed E-state index contributed by atoms with van der Waals surface area (Å²) >= 11 is 0. The van der Waals surface area contributed by atoms with Gasteiger partial charge in [-0.2, -0.15) is 0 Å². The fourth-order valence-electron chi connectivity index (χ4n) is 2.13. The average molecular weight is 209 g/mol. The molecule has 2 rings (SSSR count). The third kappa shape index (κ3) is 2.38. The minimum Gasteiger partial charge on any atom is -0.378 e. The molecule has 2 heterocycles. The van der Waals surface area contributed by atoms with Crippen LogP contribution in [-0.2, 0) is 17.8 Å². The van der Waals surface area contributed by atoms with Gasteiger partial charge in [0.05, 0.1) is 11.8 Å². The van der Waals surface area contributed by atoms with E-state index in [9.17, 15) is 0 Å². The second-order valence-electron chi connectivity index (χ2n) is 4.08. The molecule has 0 spiro atoms. The van der Waals surface area contributed by atoms with Crippen LogP contribution < -0.4 is 5.73 Å². The molecule has 1 saturated heterocycles. The van der Waals surface area contributed by atoms with Gasteiger partial charge < -0.3 is 15.0 Å². The fraction of sp³-hybridized carbons (Fsp3) is 0.727. The van der Waals surface area contributed by atoms with E-state index in [4.69, 9.17) is 10.5 Å². The quantitative estimate of drug-likeness (QED) is 0.811. The monoisotopic (exact) mass is 209 g/mol. The first-order valence-electron chi connectivity index (χ1n) is 5.64. The van der Waals surface area contributed by atoms with Crippen LogP contribution in [0.3, 0.4) is 0 Å². The maximum Gasteiger partial charge on any atom is 0.105 e. The predicted molar refractivity (Wildman–Crippen MR) is 58.4 cm³/mol. The largest absolute Gasteiger partial charge is 0.378 e. The maximum absolute atomic E-state index is 5.66. The minimum atomic E-state index is 0.442.